The van der Waals surface area contributed by atoms with Crippen molar-refractivity contribution in [2.75, 3.05) is 0 Å². The molecular weight excluding hydrogens is 410 g/mol. The lowest BCUT2D eigenvalue weighted by molar-refractivity contribution is 0.403. The van der Waals surface area contributed by atoms with Crippen molar-refractivity contribution in [2.45, 2.75) is 26.3 Å². The molecule has 0 aliphatic heterocycles. The normalized spacial score (nSPS) is 11.1. The molecule has 0 fully saturated rings. The molecule has 0 amide bonds. The van der Waals surface area contributed by atoms with Crippen LogP contribution in [0.5, 0.6) is 23.1 Å². The molecule has 4 heteroatoms. The molecule has 1 aromatic heterocycles. The predicted octanol–water partition coefficient (Wildman–Crippen LogP) is 7.54. The van der Waals surface area contributed by atoms with Crippen LogP contribution in [0.15, 0.2) is 102 Å². The Morgan fingerprint density at radius 3 is 1.82 bits per heavy atom. The number of pyridine rings is 1. The molecule has 5 aromatic rings. The number of rotatable bonds is 7. The third-order valence-electron chi connectivity index (χ3n) is 5.70. The van der Waals surface area contributed by atoms with E-state index >= 15 is 0 Å². The summed E-state index contributed by atoms with van der Waals surface area (Å²) in [6.07, 6.45) is 1.87. The van der Waals surface area contributed by atoms with Crippen LogP contribution in [0.25, 0.3) is 21.5 Å². The Labute approximate surface area is 192 Å². The summed E-state index contributed by atoms with van der Waals surface area (Å²) in [5.74, 6) is 2.29. The van der Waals surface area contributed by atoms with Crippen molar-refractivity contribution in [3.05, 3.63) is 107 Å². The highest BCUT2D eigenvalue weighted by atomic mass is 16.5. The van der Waals surface area contributed by atoms with Gasteiger partial charge in [-0.05, 0) is 52.2 Å². The second-order valence-electron chi connectivity index (χ2n) is 8.09. The van der Waals surface area contributed by atoms with E-state index in [2.05, 4.69) is 19.1 Å². The molecule has 0 aliphatic carbocycles. The maximum absolute atomic E-state index is 13.0. The Morgan fingerprint density at radius 1 is 0.636 bits per heavy atom. The summed E-state index contributed by atoms with van der Waals surface area (Å²) in [5.41, 5.74) is -0.141. The lowest BCUT2D eigenvalue weighted by atomic mass is 10.1. The van der Waals surface area contributed by atoms with Crippen molar-refractivity contribution in [1.29, 1.82) is 0 Å². The standard InChI is InChI=1S/C29H25NO3/c1-2-3-16-30-28(31)19-27(32-25-14-12-21-8-4-6-10-23(21)17-25)20-29(30)33-26-15-13-22-9-5-7-11-24(22)18-26/h4-15,17-20H,2-3,16H2,1H3. The highest BCUT2D eigenvalue weighted by Gasteiger charge is 2.12. The lowest BCUT2D eigenvalue weighted by Gasteiger charge is -2.16. The highest BCUT2D eigenvalue weighted by Crippen LogP contribution is 2.30. The van der Waals surface area contributed by atoms with Gasteiger partial charge >= 0.3 is 0 Å². The molecule has 0 radical (unpaired) electrons. The SMILES string of the molecule is CCCCn1c(Oc2ccc3ccccc3c2)cc(Oc2ccc3ccccc3c2)cc1=O. The maximum atomic E-state index is 13.0. The van der Waals surface area contributed by atoms with Gasteiger partial charge in [0.2, 0.25) is 5.88 Å². The van der Waals surface area contributed by atoms with Crippen LogP contribution in [0.3, 0.4) is 0 Å². The van der Waals surface area contributed by atoms with Gasteiger partial charge in [0.15, 0.2) is 0 Å². The molecule has 0 unspecified atom stereocenters. The molecule has 0 saturated carbocycles. The van der Waals surface area contributed by atoms with E-state index < -0.39 is 0 Å². The van der Waals surface area contributed by atoms with E-state index in [-0.39, 0.29) is 5.56 Å². The average molecular weight is 436 g/mol. The van der Waals surface area contributed by atoms with Crippen LogP contribution in [-0.2, 0) is 6.54 Å². The first-order valence-electron chi connectivity index (χ1n) is 11.3. The summed E-state index contributed by atoms with van der Waals surface area (Å²) in [7, 11) is 0. The molecule has 33 heavy (non-hydrogen) atoms. The zero-order valence-corrected chi connectivity index (χ0v) is 18.5. The molecule has 0 atom stereocenters. The number of benzene rings is 4. The van der Waals surface area contributed by atoms with E-state index in [9.17, 15) is 4.79 Å². The van der Waals surface area contributed by atoms with Crippen molar-refractivity contribution < 1.29 is 9.47 Å². The van der Waals surface area contributed by atoms with Crippen LogP contribution in [0.2, 0.25) is 0 Å². The highest BCUT2D eigenvalue weighted by molar-refractivity contribution is 5.84. The third-order valence-corrected chi connectivity index (χ3v) is 5.70. The first-order chi connectivity index (χ1) is 16.2. The Hall–Kier alpha value is -4.05. The van der Waals surface area contributed by atoms with Gasteiger partial charge in [-0.25, -0.2) is 0 Å². The van der Waals surface area contributed by atoms with Crippen molar-refractivity contribution in [3.8, 4) is 23.1 Å². The largest absolute Gasteiger partial charge is 0.457 e. The summed E-state index contributed by atoms with van der Waals surface area (Å²) < 4.78 is 14.0. The maximum Gasteiger partial charge on any atom is 0.257 e. The first-order valence-corrected chi connectivity index (χ1v) is 11.3. The number of nitrogens with zero attached hydrogens (tertiary/aromatic N) is 1. The molecular formula is C29H25NO3. The minimum atomic E-state index is -0.141. The van der Waals surface area contributed by atoms with Gasteiger partial charge in [-0.3, -0.25) is 9.36 Å². The van der Waals surface area contributed by atoms with E-state index in [0.717, 1.165) is 34.4 Å². The average Bonchev–Trinajstić information content (AvgIpc) is 2.83. The van der Waals surface area contributed by atoms with E-state index in [1.807, 2.05) is 72.8 Å². The summed E-state index contributed by atoms with van der Waals surface area (Å²) in [6.45, 7) is 2.70. The fourth-order valence-corrected chi connectivity index (χ4v) is 3.95. The third kappa shape index (κ3) is 4.60. The zero-order chi connectivity index (χ0) is 22.6. The van der Waals surface area contributed by atoms with Gasteiger partial charge in [-0.15, -0.1) is 0 Å². The molecule has 0 bridgehead atoms. The van der Waals surface area contributed by atoms with E-state index in [1.165, 1.54) is 6.07 Å². The molecule has 5 rings (SSSR count). The molecule has 0 spiro atoms. The molecule has 0 saturated heterocycles. The summed E-state index contributed by atoms with van der Waals surface area (Å²) >= 11 is 0. The Kier molecular flexibility index (Phi) is 5.81. The predicted molar refractivity (Wildman–Crippen MR) is 134 cm³/mol. The lowest BCUT2D eigenvalue weighted by Crippen LogP contribution is -2.20. The smallest absolute Gasteiger partial charge is 0.257 e. The number of hydrogen-bond acceptors (Lipinski definition) is 3. The molecule has 0 N–H and O–H groups in total. The van der Waals surface area contributed by atoms with Gasteiger partial charge in [-0.2, -0.15) is 0 Å². The van der Waals surface area contributed by atoms with Gasteiger partial charge in [0.25, 0.3) is 5.56 Å². The summed E-state index contributed by atoms with van der Waals surface area (Å²) in [5, 5.41) is 4.45. The van der Waals surface area contributed by atoms with Crippen LogP contribution in [0.4, 0.5) is 0 Å². The Morgan fingerprint density at radius 2 is 1.21 bits per heavy atom. The monoisotopic (exact) mass is 435 g/mol. The molecule has 4 aromatic carbocycles. The summed E-state index contributed by atoms with van der Waals surface area (Å²) in [4.78, 5) is 13.0. The first kappa shape index (κ1) is 20.8. The second-order valence-corrected chi connectivity index (χ2v) is 8.09. The summed E-state index contributed by atoms with van der Waals surface area (Å²) in [6, 6.07) is 31.4. The van der Waals surface area contributed by atoms with Gasteiger partial charge in [0.1, 0.15) is 17.2 Å². The fourth-order valence-electron chi connectivity index (χ4n) is 3.95. The Bertz CT molecular complexity index is 1490. The van der Waals surface area contributed by atoms with Crippen molar-refractivity contribution >= 4 is 21.5 Å². The number of ether oxygens (including phenoxy) is 2. The Balaban J connectivity index is 1.50. The molecule has 0 aliphatic rings. The van der Waals surface area contributed by atoms with Crippen LogP contribution < -0.4 is 15.0 Å². The second kappa shape index (κ2) is 9.21. The van der Waals surface area contributed by atoms with Crippen LogP contribution >= 0.6 is 0 Å². The fraction of sp³-hybridized carbons (Fsp3) is 0.138. The number of fused-ring (bicyclic) bond motifs is 2. The number of unbranched alkanes of at least 4 members (excludes halogenated alkanes) is 1. The topological polar surface area (TPSA) is 40.5 Å². The molecule has 164 valence electrons. The van der Waals surface area contributed by atoms with Gasteiger partial charge in [-0.1, -0.05) is 74.0 Å². The van der Waals surface area contributed by atoms with Crippen molar-refractivity contribution in [3.63, 3.8) is 0 Å². The van der Waals surface area contributed by atoms with E-state index in [0.29, 0.717) is 29.7 Å². The number of aromatic nitrogens is 1. The van der Waals surface area contributed by atoms with E-state index in [4.69, 9.17) is 9.47 Å². The van der Waals surface area contributed by atoms with Crippen LogP contribution in [0, 0.1) is 0 Å². The van der Waals surface area contributed by atoms with Gasteiger partial charge in [0.05, 0.1) is 0 Å². The van der Waals surface area contributed by atoms with Crippen molar-refractivity contribution in [1.82, 2.24) is 4.57 Å². The molecule has 1 heterocycles. The molecule has 4 nitrogen and oxygen atoms in total. The van der Waals surface area contributed by atoms with Crippen LogP contribution in [0.1, 0.15) is 19.8 Å². The van der Waals surface area contributed by atoms with Crippen molar-refractivity contribution in [2.24, 2.45) is 0 Å². The van der Waals surface area contributed by atoms with E-state index in [1.54, 1.807) is 10.6 Å². The van der Waals surface area contributed by atoms with Gasteiger partial charge < -0.3 is 9.47 Å². The number of hydrogen-bond donors (Lipinski definition) is 0. The van der Waals surface area contributed by atoms with Crippen LogP contribution in [-0.4, -0.2) is 4.57 Å². The minimum Gasteiger partial charge on any atom is -0.457 e. The zero-order valence-electron chi connectivity index (χ0n) is 18.5. The van der Waals surface area contributed by atoms with Gasteiger partial charge in [0, 0.05) is 18.7 Å². The minimum absolute atomic E-state index is 0.141. The quantitative estimate of drug-likeness (QED) is 0.265.